The van der Waals surface area contributed by atoms with Crippen LogP contribution in [0.15, 0.2) is 91.0 Å². The summed E-state index contributed by atoms with van der Waals surface area (Å²) in [6, 6.07) is 32.3. The van der Waals surface area contributed by atoms with E-state index < -0.39 is 7.92 Å². The summed E-state index contributed by atoms with van der Waals surface area (Å²) in [6.45, 7) is 0. The van der Waals surface area contributed by atoms with Gasteiger partial charge in [-0.1, -0.05) is 91.0 Å². The third-order valence-electron chi connectivity index (χ3n) is 3.04. The Kier molecular flexibility index (Phi) is 11.1. The van der Waals surface area contributed by atoms with E-state index in [9.17, 15) is 0 Å². The second kappa shape index (κ2) is 11.3. The number of halogens is 2. The Balaban J connectivity index is 0.00000147. The van der Waals surface area contributed by atoms with Gasteiger partial charge >= 0.3 is 20.4 Å². The van der Waals surface area contributed by atoms with Crippen LogP contribution in [0.2, 0.25) is 0 Å². The molecule has 3 aromatic rings. The molecule has 0 aliphatic rings. The normalized spacial score (nSPS) is 9.14. The van der Waals surface area contributed by atoms with Crippen LogP contribution in [0.3, 0.4) is 0 Å². The third kappa shape index (κ3) is 5.41. The first-order chi connectivity index (χ1) is 9.45. The van der Waals surface area contributed by atoms with Crippen LogP contribution < -0.4 is 49.9 Å². The standard InChI is InChI=1S/C18H15P.2BrH.Pd/c1-4-10-16(11-5-1)19(17-12-6-2-7-13-17)18-14-8-3-9-15-18;;;/h1-15H;2*1H;/q;;;+2/p-2. The van der Waals surface area contributed by atoms with Gasteiger partial charge in [0.15, 0.2) is 0 Å². The van der Waals surface area contributed by atoms with Crippen LogP contribution in [0.5, 0.6) is 0 Å². The van der Waals surface area contributed by atoms with Crippen molar-refractivity contribution in [3.63, 3.8) is 0 Å². The van der Waals surface area contributed by atoms with E-state index in [-0.39, 0.29) is 54.4 Å². The molecule has 0 bridgehead atoms. The Morgan fingerprint density at radius 2 is 0.636 bits per heavy atom. The molecule has 0 heterocycles. The van der Waals surface area contributed by atoms with E-state index in [1.165, 1.54) is 15.9 Å². The SMILES string of the molecule is [Br-].[Br-].[Pd+2].c1ccc(P(c2ccccc2)c2ccccc2)cc1. The van der Waals surface area contributed by atoms with Crippen LogP contribution in [-0.2, 0) is 20.4 Å². The Labute approximate surface area is 168 Å². The fourth-order valence-corrected chi connectivity index (χ4v) is 4.48. The van der Waals surface area contributed by atoms with Crippen LogP contribution in [0.4, 0.5) is 0 Å². The van der Waals surface area contributed by atoms with Crippen molar-refractivity contribution in [1.82, 2.24) is 0 Å². The van der Waals surface area contributed by atoms with Crippen molar-refractivity contribution in [1.29, 1.82) is 0 Å². The van der Waals surface area contributed by atoms with Crippen LogP contribution in [0, 0.1) is 0 Å². The zero-order valence-electron chi connectivity index (χ0n) is 11.7. The number of hydrogen-bond donors (Lipinski definition) is 0. The molecule has 0 aromatic heterocycles. The molecule has 0 fully saturated rings. The van der Waals surface area contributed by atoms with E-state index in [2.05, 4.69) is 91.0 Å². The van der Waals surface area contributed by atoms with Crippen molar-refractivity contribution in [2.24, 2.45) is 0 Å². The van der Waals surface area contributed by atoms with Gasteiger partial charge in [-0.25, -0.2) is 0 Å². The Hall–Kier alpha value is -0.288. The summed E-state index contributed by atoms with van der Waals surface area (Å²) in [5.74, 6) is 0. The Morgan fingerprint density at radius 3 is 0.864 bits per heavy atom. The van der Waals surface area contributed by atoms with E-state index in [1.807, 2.05) is 0 Å². The maximum absolute atomic E-state index is 2.23. The second-order valence-electron chi connectivity index (χ2n) is 4.34. The smallest absolute Gasteiger partial charge is 1.00 e. The van der Waals surface area contributed by atoms with Crippen LogP contribution in [-0.4, -0.2) is 0 Å². The molecule has 0 atom stereocenters. The number of benzene rings is 3. The molecule has 0 saturated carbocycles. The largest absolute Gasteiger partial charge is 2.00 e. The molecular formula is C18H15Br2PPd. The Bertz CT molecular complexity index is 539. The molecule has 0 amide bonds. The molecule has 0 nitrogen and oxygen atoms in total. The van der Waals surface area contributed by atoms with Gasteiger partial charge in [0.25, 0.3) is 0 Å². The molecule has 116 valence electrons. The number of rotatable bonds is 3. The molecule has 0 unspecified atom stereocenters. The predicted octanol–water partition coefficient (Wildman–Crippen LogP) is -2.55. The maximum Gasteiger partial charge on any atom is 2.00 e. The molecular weight excluding hydrogens is 513 g/mol. The van der Waals surface area contributed by atoms with Gasteiger partial charge in [0.05, 0.1) is 0 Å². The van der Waals surface area contributed by atoms with Gasteiger partial charge in [-0.05, 0) is 23.8 Å². The molecule has 0 spiro atoms. The molecule has 0 saturated heterocycles. The van der Waals surface area contributed by atoms with Crippen molar-refractivity contribution in [3.8, 4) is 0 Å². The van der Waals surface area contributed by atoms with E-state index in [0.29, 0.717) is 0 Å². The molecule has 0 aliphatic heterocycles. The summed E-state index contributed by atoms with van der Waals surface area (Å²) in [5.41, 5.74) is 0. The zero-order chi connectivity index (χ0) is 12.9. The summed E-state index contributed by atoms with van der Waals surface area (Å²) >= 11 is 0. The molecule has 0 N–H and O–H groups in total. The van der Waals surface area contributed by atoms with Gasteiger partial charge in [-0.3, -0.25) is 0 Å². The van der Waals surface area contributed by atoms with Crippen molar-refractivity contribution in [2.45, 2.75) is 0 Å². The summed E-state index contributed by atoms with van der Waals surface area (Å²) in [5, 5.41) is 4.19. The van der Waals surface area contributed by atoms with Crippen molar-refractivity contribution in [3.05, 3.63) is 91.0 Å². The monoisotopic (exact) mass is 526 g/mol. The van der Waals surface area contributed by atoms with Crippen molar-refractivity contribution < 1.29 is 54.4 Å². The van der Waals surface area contributed by atoms with Crippen molar-refractivity contribution in [2.75, 3.05) is 0 Å². The molecule has 4 heteroatoms. The topological polar surface area (TPSA) is 0 Å². The minimum Gasteiger partial charge on any atom is -1.00 e. The zero-order valence-corrected chi connectivity index (χ0v) is 17.3. The summed E-state index contributed by atoms with van der Waals surface area (Å²) in [4.78, 5) is 0. The molecule has 0 aliphatic carbocycles. The van der Waals surface area contributed by atoms with Crippen molar-refractivity contribution >= 4 is 23.8 Å². The minimum atomic E-state index is -0.446. The van der Waals surface area contributed by atoms with Gasteiger partial charge in [0.2, 0.25) is 0 Å². The van der Waals surface area contributed by atoms with Crippen LogP contribution in [0.25, 0.3) is 0 Å². The van der Waals surface area contributed by atoms with E-state index in [1.54, 1.807) is 0 Å². The molecule has 22 heavy (non-hydrogen) atoms. The van der Waals surface area contributed by atoms with Gasteiger partial charge < -0.3 is 34.0 Å². The Morgan fingerprint density at radius 1 is 0.409 bits per heavy atom. The van der Waals surface area contributed by atoms with Gasteiger partial charge in [0, 0.05) is 0 Å². The van der Waals surface area contributed by atoms with Gasteiger partial charge in [-0.15, -0.1) is 0 Å². The van der Waals surface area contributed by atoms with E-state index in [0.717, 1.165) is 0 Å². The van der Waals surface area contributed by atoms with E-state index in [4.69, 9.17) is 0 Å². The molecule has 0 radical (unpaired) electrons. The minimum absolute atomic E-state index is 0. The fraction of sp³-hybridized carbons (Fsp3) is 0. The third-order valence-corrected chi connectivity index (χ3v) is 5.49. The van der Waals surface area contributed by atoms with Crippen LogP contribution in [0.1, 0.15) is 0 Å². The number of hydrogen-bond acceptors (Lipinski definition) is 0. The summed E-state index contributed by atoms with van der Waals surface area (Å²) in [6.07, 6.45) is 0. The van der Waals surface area contributed by atoms with Gasteiger partial charge in [0.1, 0.15) is 0 Å². The molecule has 3 aromatic carbocycles. The van der Waals surface area contributed by atoms with Gasteiger partial charge in [-0.2, -0.15) is 0 Å². The second-order valence-corrected chi connectivity index (χ2v) is 6.56. The summed E-state index contributed by atoms with van der Waals surface area (Å²) < 4.78 is 0. The first kappa shape index (κ1) is 21.7. The quantitative estimate of drug-likeness (QED) is 0.260. The van der Waals surface area contributed by atoms with Crippen LogP contribution >= 0.6 is 7.92 Å². The summed E-state index contributed by atoms with van der Waals surface area (Å²) in [7, 11) is -0.446. The maximum atomic E-state index is 2.23. The first-order valence-electron chi connectivity index (χ1n) is 6.40. The average molecular weight is 529 g/mol. The van der Waals surface area contributed by atoms with E-state index >= 15 is 0 Å². The average Bonchev–Trinajstić information content (AvgIpc) is 2.51. The first-order valence-corrected chi connectivity index (χ1v) is 7.74. The fourth-order valence-electron chi connectivity index (χ4n) is 2.18. The molecule has 3 rings (SSSR count). The predicted molar refractivity (Wildman–Crippen MR) is 85.1 cm³/mol.